The van der Waals surface area contributed by atoms with Gasteiger partial charge in [-0.15, -0.1) is 0 Å². The van der Waals surface area contributed by atoms with Gasteiger partial charge in [0.25, 0.3) is 0 Å². The molecule has 2 nitrogen and oxygen atoms in total. The van der Waals surface area contributed by atoms with Crippen molar-refractivity contribution in [3.63, 3.8) is 0 Å². The van der Waals surface area contributed by atoms with Crippen LogP contribution in [0, 0.1) is 5.92 Å². The summed E-state index contributed by atoms with van der Waals surface area (Å²) in [6, 6.07) is 4.55. The lowest BCUT2D eigenvalue weighted by molar-refractivity contribution is 0.352. The van der Waals surface area contributed by atoms with E-state index in [-0.39, 0.29) is 0 Å². The largest absolute Gasteiger partial charge is 0.469 e. The summed E-state index contributed by atoms with van der Waals surface area (Å²) in [6.07, 6.45) is 3.96. The molecule has 2 heteroatoms. The summed E-state index contributed by atoms with van der Waals surface area (Å²) < 4.78 is 5.33. The Morgan fingerprint density at radius 2 is 2.31 bits per heavy atom. The van der Waals surface area contributed by atoms with E-state index in [4.69, 9.17) is 4.42 Å². The van der Waals surface area contributed by atoms with Crippen LogP contribution in [0.2, 0.25) is 0 Å². The molecule has 0 amide bonds. The van der Waals surface area contributed by atoms with Gasteiger partial charge < -0.3 is 9.73 Å². The van der Waals surface area contributed by atoms with Crippen molar-refractivity contribution in [1.82, 2.24) is 5.32 Å². The first-order valence-corrected chi connectivity index (χ1v) is 4.97. The third-order valence-corrected chi connectivity index (χ3v) is 2.73. The minimum absolute atomic E-state index is 0.551. The highest BCUT2D eigenvalue weighted by molar-refractivity contribution is 5.00. The summed E-state index contributed by atoms with van der Waals surface area (Å²) in [5, 5.41) is 3.29. The van der Waals surface area contributed by atoms with Crippen LogP contribution in [-0.4, -0.2) is 13.1 Å². The summed E-state index contributed by atoms with van der Waals surface area (Å²) in [4.78, 5) is 0. The van der Waals surface area contributed by atoms with Crippen molar-refractivity contribution >= 4 is 0 Å². The zero-order valence-corrected chi connectivity index (χ0v) is 8.71. The predicted octanol–water partition coefficient (Wildman–Crippen LogP) is 2.46. The van der Waals surface area contributed by atoms with Crippen molar-refractivity contribution in [3.8, 4) is 0 Å². The fraction of sp³-hybridized carbons (Fsp3) is 0.636. The van der Waals surface area contributed by atoms with Crippen LogP contribution < -0.4 is 5.32 Å². The molecule has 0 radical (unpaired) electrons. The van der Waals surface area contributed by atoms with E-state index >= 15 is 0 Å². The zero-order chi connectivity index (χ0) is 9.68. The van der Waals surface area contributed by atoms with E-state index in [0.29, 0.717) is 12.0 Å². The van der Waals surface area contributed by atoms with Crippen LogP contribution in [-0.2, 0) is 6.42 Å². The molecule has 1 N–H and O–H groups in total. The summed E-state index contributed by atoms with van der Waals surface area (Å²) in [5.74, 6) is 1.75. The maximum Gasteiger partial charge on any atom is 0.104 e. The molecule has 74 valence electrons. The van der Waals surface area contributed by atoms with Crippen LogP contribution in [0.1, 0.15) is 26.0 Å². The van der Waals surface area contributed by atoms with Crippen LogP contribution >= 0.6 is 0 Å². The van der Waals surface area contributed by atoms with E-state index in [0.717, 1.165) is 12.2 Å². The topological polar surface area (TPSA) is 25.2 Å². The molecule has 2 unspecified atom stereocenters. The minimum atomic E-state index is 0.551. The van der Waals surface area contributed by atoms with E-state index in [2.05, 4.69) is 19.2 Å². The first-order valence-electron chi connectivity index (χ1n) is 4.97. The Bertz CT molecular complexity index is 218. The van der Waals surface area contributed by atoms with E-state index in [9.17, 15) is 0 Å². The summed E-state index contributed by atoms with van der Waals surface area (Å²) >= 11 is 0. The Labute approximate surface area is 80.3 Å². The molecule has 1 heterocycles. The summed E-state index contributed by atoms with van der Waals surface area (Å²) in [6.45, 7) is 4.44. The van der Waals surface area contributed by atoms with Gasteiger partial charge in [0.15, 0.2) is 0 Å². The Morgan fingerprint density at radius 3 is 2.77 bits per heavy atom. The molecule has 0 saturated carbocycles. The van der Waals surface area contributed by atoms with Gasteiger partial charge in [-0.2, -0.15) is 0 Å². The molecule has 0 saturated heterocycles. The van der Waals surface area contributed by atoms with Gasteiger partial charge in [-0.05, 0) is 32.0 Å². The number of hydrogen-bond donors (Lipinski definition) is 1. The van der Waals surface area contributed by atoms with Gasteiger partial charge in [-0.3, -0.25) is 0 Å². The standard InChI is InChI=1S/C11H19NO/c1-4-10(9(2)12-3)8-11-6-5-7-13-11/h5-7,9-10,12H,4,8H2,1-3H3. The van der Waals surface area contributed by atoms with Gasteiger partial charge in [-0.1, -0.05) is 13.3 Å². The average molecular weight is 181 g/mol. The second kappa shape index (κ2) is 5.07. The van der Waals surface area contributed by atoms with E-state index < -0.39 is 0 Å². The van der Waals surface area contributed by atoms with Gasteiger partial charge in [0.05, 0.1) is 6.26 Å². The van der Waals surface area contributed by atoms with Gasteiger partial charge in [0.1, 0.15) is 5.76 Å². The Morgan fingerprint density at radius 1 is 1.54 bits per heavy atom. The van der Waals surface area contributed by atoms with E-state index in [1.165, 1.54) is 6.42 Å². The van der Waals surface area contributed by atoms with Crippen molar-refractivity contribution in [2.24, 2.45) is 5.92 Å². The Kier molecular flexibility index (Phi) is 4.03. The molecule has 0 fully saturated rings. The van der Waals surface area contributed by atoms with Gasteiger partial charge in [0.2, 0.25) is 0 Å². The van der Waals surface area contributed by atoms with Crippen molar-refractivity contribution < 1.29 is 4.42 Å². The molecule has 1 aromatic rings. The maximum atomic E-state index is 5.33. The SMILES string of the molecule is CCC(Cc1ccco1)C(C)NC. The molecule has 2 atom stereocenters. The highest BCUT2D eigenvalue weighted by Gasteiger charge is 2.15. The number of furan rings is 1. The van der Waals surface area contributed by atoms with Crippen molar-refractivity contribution in [2.75, 3.05) is 7.05 Å². The first-order chi connectivity index (χ1) is 6.27. The van der Waals surface area contributed by atoms with Crippen LogP contribution in [0.5, 0.6) is 0 Å². The lowest BCUT2D eigenvalue weighted by Crippen LogP contribution is -2.31. The monoisotopic (exact) mass is 181 g/mol. The molecule has 0 bridgehead atoms. The predicted molar refractivity (Wildman–Crippen MR) is 54.7 cm³/mol. The lowest BCUT2D eigenvalue weighted by atomic mass is 9.94. The molecule has 0 spiro atoms. The lowest BCUT2D eigenvalue weighted by Gasteiger charge is -2.20. The van der Waals surface area contributed by atoms with Crippen LogP contribution in [0.4, 0.5) is 0 Å². The quantitative estimate of drug-likeness (QED) is 0.754. The molecule has 13 heavy (non-hydrogen) atoms. The van der Waals surface area contributed by atoms with Crippen LogP contribution in [0.25, 0.3) is 0 Å². The third-order valence-electron chi connectivity index (χ3n) is 2.73. The molecule has 0 aliphatic rings. The fourth-order valence-electron chi connectivity index (χ4n) is 1.60. The molecule has 0 aliphatic carbocycles. The number of rotatable bonds is 5. The molecular formula is C11H19NO. The van der Waals surface area contributed by atoms with E-state index in [1.807, 2.05) is 19.2 Å². The first kappa shape index (κ1) is 10.3. The fourth-order valence-corrected chi connectivity index (χ4v) is 1.60. The summed E-state index contributed by atoms with van der Waals surface area (Å²) in [5.41, 5.74) is 0. The van der Waals surface area contributed by atoms with Crippen LogP contribution in [0.15, 0.2) is 22.8 Å². The normalized spacial score (nSPS) is 15.6. The highest BCUT2D eigenvalue weighted by atomic mass is 16.3. The number of hydrogen-bond acceptors (Lipinski definition) is 2. The smallest absolute Gasteiger partial charge is 0.104 e. The van der Waals surface area contributed by atoms with Crippen LogP contribution in [0.3, 0.4) is 0 Å². The summed E-state index contributed by atoms with van der Waals surface area (Å²) in [7, 11) is 2.01. The highest BCUT2D eigenvalue weighted by Crippen LogP contribution is 2.15. The molecule has 1 rings (SSSR count). The zero-order valence-electron chi connectivity index (χ0n) is 8.71. The van der Waals surface area contributed by atoms with Gasteiger partial charge in [0, 0.05) is 12.5 Å². The van der Waals surface area contributed by atoms with Gasteiger partial charge >= 0.3 is 0 Å². The Balaban J connectivity index is 2.49. The second-order valence-corrected chi connectivity index (χ2v) is 3.53. The Hall–Kier alpha value is -0.760. The van der Waals surface area contributed by atoms with Crippen molar-refractivity contribution in [2.45, 2.75) is 32.7 Å². The van der Waals surface area contributed by atoms with E-state index in [1.54, 1.807) is 6.26 Å². The maximum absolute atomic E-state index is 5.33. The van der Waals surface area contributed by atoms with Crippen molar-refractivity contribution in [1.29, 1.82) is 0 Å². The molecular weight excluding hydrogens is 162 g/mol. The van der Waals surface area contributed by atoms with Gasteiger partial charge in [-0.25, -0.2) is 0 Å². The third kappa shape index (κ3) is 2.88. The minimum Gasteiger partial charge on any atom is -0.469 e. The number of nitrogens with one attached hydrogen (secondary N) is 1. The average Bonchev–Trinajstić information content (AvgIpc) is 2.65. The van der Waals surface area contributed by atoms with Crippen molar-refractivity contribution in [3.05, 3.63) is 24.2 Å². The molecule has 0 aliphatic heterocycles. The molecule has 1 aromatic heterocycles. The second-order valence-electron chi connectivity index (χ2n) is 3.53. The molecule has 0 aromatic carbocycles.